The number of hydrazine groups is 1. The summed E-state index contributed by atoms with van der Waals surface area (Å²) in [5, 5.41) is 8.58. The first-order valence-electron chi connectivity index (χ1n) is 10.1. The van der Waals surface area contributed by atoms with E-state index in [1.54, 1.807) is 0 Å². The molecule has 0 aliphatic rings. The van der Waals surface area contributed by atoms with Crippen LogP contribution >= 0.6 is 0 Å². The van der Waals surface area contributed by atoms with Crippen molar-refractivity contribution in [2.75, 3.05) is 13.2 Å². The van der Waals surface area contributed by atoms with E-state index in [-0.39, 0.29) is 12.5 Å². The first-order chi connectivity index (χ1) is 11.8. The quantitative estimate of drug-likeness (QED) is 0.193. The third kappa shape index (κ3) is 19.2. The molecule has 0 spiro atoms. The standard InChI is InChI=1S/C20H40N2O2/c1-2-3-4-5-6-7-8-9-10-11-12-13-14-15-16-17-20(24)22-21-18-19-23/h9-10,21,23H,2-8,11-19H2,1H3,(H,22,24). The predicted molar refractivity (Wildman–Crippen MR) is 103 cm³/mol. The van der Waals surface area contributed by atoms with E-state index >= 15 is 0 Å². The Labute approximate surface area is 149 Å². The second kappa shape index (κ2) is 20.2. The van der Waals surface area contributed by atoms with Gasteiger partial charge in [-0.2, -0.15) is 0 Å². The molecule has 0 radical (unpaired) electrons. The van der Waals surface area contributed by atoms with Crippen molar-refractivity contribution in [1.29, 1.82) is 0 Å². The highest BCUT2D eigenvalue weighted by atomic mass is 16.3. The maximum absolute atomic E-state index is 11.4. The van der Waals surface area contributed by atoms with Gasteiger partial charge in [0.2, 0.25) is 5.91 Å². The summed E-state index contributed by atoms with van der Waals surface area (Å²) in [6.07, 6.45) is 21.7. The second-order valence-electron chi connectivity index (χ2n) is 6.53. The van der Waals surface area contributed by atoms with Gasteiger partial charge in [0.1, 0.15) is 0 Å². The molecule has 0 fully saturated rings. The van der Waals surface area contributed by atoms with Crippen LogP contribution in [-0.4, -0.2) is 24.2 Å². The number of amides is 1. The molecule has 0 aliphatic heterocycles. The lowest BCUT2D eigenvalue weighted by Crippen LogP contribution is -2.38. The van der Waals surface area contributed by atoms with Crippen LogP contribution in [0.4, 0.5) is 0 Å². The Morgan fingerprint density at radius 1 is 0.833 bits per heavy atom. The SMILES string of the molecule is CCCCCCCCC=CCCCCCCCC(=O)NNCCO. The highest BCUT2D eigenvalue weighted by Gasteiger charge is 1.99. The molecule has 0 saturated carbocycles. The largest absolute Gasteiger partial charge is 0.395 e. The van der Waals surface area contributed by atoms with E-state index in [4.69, 9.17) is 5.11 Å². The van der Waals surface area contributed by atoms with Gasteiger partial charge in [-0.25, -0.2) is 5.43 Å². The van der Waals surface area contributed by atoms with Crippen LogP contribution in [-0.2, 0) is 4.79 Å². The molecule has 0 aliphatic carbocycles. The number of carbonyl (C=O) groups excluding carboxylic acids is 1. The van der Waals surface area contributed by atoms with Gasteiger partial charge >= 0.3 is 0 Å². The predicted octanol–water partition coefficient (Wildman–Crippen LogP) is 4.64. The van der Waals surface area contributed by atoms with Crippen molar-refractivity contribution < 1.29 is 9.90 Å². The van der Waals surface area contributed by atoms with E-state index in [2.05, 4.69) is 29.9 Å². The van der Waals surface area contributed by atoms with Crippen LogP contribution in [0.5, 0.6) is 0 Å². The molecule has 4 nitrogen and oxygen atoms in total. The number of carbonyl (C=O) groups is 1. The average Bonchev–Trinajstić information content (AvgIpc) is 2.58. The minimum atomic E-state index is 0.0149. The molecule has 0 aromatic heterocycles. The van der Waals surface area contributed by atoms with E-state index in [1.807, 2.05) is 0 Å². The van der Waals surface area contributed by atoms with Gasteiger partial charge in [-0.05, 0) is 32.1 Å². The molecule has 0 aromatic carbocycles. The fourth-order valence-electron chi connectivity index (χ4n) is 2.64. The van der Waals surface area contributed by atoms with Crippen molar-refractivity contribution in [3.05, 3.63) is 12.2 Å². The molecule has 0 bridgehead atoms. The number of hydrogen-bond donors (Lipinski definition) is 3. The van der Waals surface area contributed by atoms with Crippen LogP contribution in [0.1, 0.15) is 96.8 Å². The molecular formula is C20H40N2O2. The second-order valence-corrected chi connectivity index (χ2v) is 6.53. The lowest BCUT2D eigenvalue weighted by molar-refractivity contribution is -0.122. The van der Waals surface area contributed by atoms with Crippen molar-refractivity contribution in [2.24, 2.45) is 0 Å². The summed E-state index contributed by atoms with van der Waals surface area (Å²) < 4.78 is 0. The van der Waals surface area contributed by atoms with Gasteiger partial charge in [0.05, 0.1) is 6.61 Å². The molecule has 3 N–H and O–H groups in total. The van der Waals surface area contributed by atoms with E-state index in [0.717, 1.165) is 12.8 Å². The van der Waals surface area contributed by atoms with Crippen LogP contribution in [0.25, 0.3) is 0 Å². The van der Waals surface area contributed by atoms with Crippen LogP contribution < -0.4 is 10.9 Å². The van der Waals surface area contributed by atoms with Crippen molar-refractivity contribution in [2.45, 2.75) is 96.8 Å². The van der Waals surface area contributed by atoms with Gasteiger partial charge in [-0.1, -0.05) is 70.4 Å². The van der Waals surface area contributed by atoms with Crippen LogP contribution in [0.3, 0.4) is 0 Å². The third-order valence-electron chi connectivity index (χ3n) is 4.13. The van der Waals surface area contributed by atoms with Gasteiger partial charge < -0.3 is 5.11 Å². The molecular weight excluding hydrogens is 300 g/mol. The van der Waals surface area contributed by atoms with Crippen molar-refractivity contribution in [3.8, 4) is 0 Å². The Kier molecular flexibility index (Phi) is 19.4. The highest BCUT2D eigenvalue weighted by molar-refractivity contribution is 5.75. The van der Waals surface area contributed by atoms with Crippen LogP contribution in [0.2, 0.25) is 0 Å². The van der Waals surface area contributed by atoms with Gasteiger partial charge in [0.25, 0.3) is 0 Å². The van der Waals surface area contributed by atoms with Crippen molar-refractivity contribution in [1.82, 2.24) is 10.9 Å². The molecule has 0 saturated heterocycles. The van der Waals surface area contributed by atoms with Gasteiger partial charge in [-0.3, -0.25) is 10.2 Å². The lowest BCUT2D eigenvalue weighted by Gasteiger charge is -2.05. The van der Waals surface area contributed by atoms with E-state index in [9.17, 15) is 4.79 Å². The number of allylic oxidation sites excluding steroid dienone is 2. The molecule has 0 rings (SSSR count). The number of hydrogen-bond acceptors (Lipinski definition) is 3. The fraction of sp³-hybridized carbons (Fsp3) is 0.850. The zero-order valence-electron chi connectivity index (χ0n) is 15.8. The summed E-state index contributed by atoms with van der Waals surface area (Å²) in [5.74, 6) is 0.0149. The zero-order valence-corrected chi connectivity index (χ0v) is 15.8. The fourth-order valence-corrected chi connectivity index (χ4v) is 2.64. The van der Waals surface area contributed by atoms with Gasteiger partial charge in [-0.15, -0.1) is 0 Å². The Morgan fingerprint density at radius 2 is 1.38 bits per heavy atom. The van der Waals surface area contributed by atoms with Gasteiger partial charge in [0.15, 0.2) is 0 Å². The summed E-state index contributed by atoms with van der Waals surface area (Å²) in [4.78, 5) is 11.4. The molecule has 1 amide bonds. The minimum absolute atomic E-state index is 0.0149. The number of aliphatic hydroxyl groups is 1. The Morgan fingerprint density at radius 3 is 1.96 bits per heavy atom. The third-order valence-corrected chi connectivity index (χ3v) is 4.13. The van der Waals surface area contributed by atoms with E-state index in [1.165, 1.54) is 70.6 Å². The molecule has 0 aromatic rings. The molecule has 0 atom stereocenters. The van der Waals surface area contributed by atoms with Gasteiger partial charge in [0, 0.05) is 13.0 Å². The number of aliphatic hydroxyl groups excluding tert-OH is 1. The number of rotatable bonds is 18. The maximum atomic E-state index is 11.4. The minimum Gasteiger partial charge on any atom is -0.395 e. The summed E-state index contributed by atoms with van der Waals surface area (Å²) in [6, 6.07) is 0. The van der Waals surface area contributed by atoms with E-state index < -0.39 is 0 Å². The molecule has 4 heteroatoms. The summed E-state index contributed by atoms with van der Waals surface area (Å²) in [5.41, 5.74) is 5.25. The summed E-state index contributed by atoms with van der Waals surface area (Å²) in [7, 11) is 0. The Bertz CT molecular complexity index is 293. The lowest BCUT2D eigenvalue weighted by atomic mass is 10.1. The number of unbranched alkanes of at least 4 members (excludes halogenated alkanes) is 11. The van der Waals surface area contributed by atoms with Crippen molar-refractivity contribution in [3.63, 3.8) is 0 Å². The smallest absolute Gasteiger partial charge is 0.234 e. The van der Waals surface area contributed by atoms with Crippen LogP contribution in [0, 0.1) is 0 Å². The molecule has 24 heavy (non-hydrogen) atoms. The molecule has 142 valence electrons. The maximum Gasteiger partial charge on any atom is 0.234 e. The number of nitrogens with one attached hydrogen (secondary N) is 2. The summed E-state index contributed by atoms with van der Waals surface area (Å²) >= 11 is 0. The average molecular weight is 341 g/mol. The first kappa shape index (κ1) is 23.1. The van der Waals surface area contributed by atoms with Crippen molar-refractivity contribution >= 4 is 5.91 Å². The normalized spacial score (nSPS) is 11.2. The Balaban J connectivity index is 3.16. The van der Waals surface area contributed by atoms with E-state index in [0.29, 0.717) is 13.0 Å². The molecule has 0 unspecified atom stereocenters. The van der Waals surface area contributed by atoms with Crippen LogP contribution in [0.15, 0.2) is 12.2 Å². The summed E-state index contributed by atoms with van der Waals surface area (Å²) in [6.45, 7) is 2.70. The first-order valence-corrected chi connectivity index (χ1v) is 10.1. The zero-order chi connectivity index (χ0) is 17.7. The highest BCUT2D eigenvalue weighted by Crippen LogP contribution is 2.09. The monoisotopic (exact) mass is 340 g/mol. The Hall–Kier alpha value is -0.870. The topological polar surface area (TPSA) is 61.4 Å². The molecule has 0 heterocycles.